The molecule has 0 aromatic heterocycles. The minimum Gasteiger partial charge on any atom is -0.456 e. The van der Waals surface area contributed by atoms with E-state index in [0.29, 0.717) is 11.3 Å². The van der Waals surface area contributed by atoms with Gasteiger partial charge in [0.1, 0.15) is 17.2 Å². The standard InChI is InChI=1S/C14H7ClF3NO2/c15-12-7-11(21-14(16,17)18)5-6-13(12)20-10-3-1-9(8-19)2-4-10/h1-7H. The fourth-order valence-electron chi connectivity index (χ4n) is 1.49. The number of hydrogen-bond donors (Lipinski definition) is 0. The summed E-state index contributed by atoms with van der Waals surface area (Å²) in [5.74, 6) is 0.149. The molecule has 0 aliphatic heterocycles. The number of nitrogens with zero attached hydrogens (tertiary/aromatic N) is 1. The van der Waals surface area contributed by atoms with E-state index in [1.165, 1.54) is 6.07 Å². The maximum absolute atomic E-state index is 12.1. The van der Waals surface area contributed by atoms with E-state index in [-0.39, 0.29) is 10.8 Å². The van der Waals surface area contributed by atoms with Gasteiger partial charge in [-0.15, -0.1) is 13.2 Å². The van der Waals surface area contributed by atoms with Gasteiger partial charge in [-0.25, -0.2) is 0 Å². The van der Waals surface area contributed by atoms with Gasteiger partial charge in [-0.3, -0.25) is 0 Å². The van der Waals surface area contributed by atoms with E-state index in [1.807, 2.05) is 6.07 Å². The second-order valence-corrected chi connectivity index (χ2v) is 4.29. The Morgan fingerprint density at radius 1 is 1.00 bits per heavy atom. The molecule has 0 aliphatic rings. The number of rotatable bonds is 3. The van der Waals surface area contributed by atoms with Gasteiger partial charge in [-0.05, 0) is 36.4 Å². The van der Waals surface area contributed by atoms with Crippen molar-refractivity contribution in [3.05, 3.63) is 53.1 Å². The molecule has 0 aliphatic carbocycles. The summed E-state index contributed by atoms with van der Waals surface area (Å²) in [7, 11) is 0. The van der Waals surface area contributed by atoms with E-state index >= 15 is 0 Å². The fourth-order valence-corrected chi connectivity index (χ4v) is 1.70. The molecule has 0 amide bonds. The van der Waals surface area contributed by atoms with Gasteiger partial charge in [-0.2, -0.15) is 5.26 Å². The summed E-state index contributed by atoms with van der Waals surface area (Å²) in [6.07, 6.45) is -4.78. The van der Waals surface area contributed by atoms with Crippen LogP contribution in [0.15, 0.2) is 42.5 Å². The van der Waals surface area contributed by atoms with Gasteiger partial charge in [0, 0.05) is 6.07 Å². The molecule has 0 radical (unpaired) electrons. The molecule has 7 heteroatoms. The third-order valence-electron chi connectivity index (χ3n) is 2.35. The highest BCUT2D eigenvalue weighted by Crippen LogP contribution is 2.34. The van der Waals surface area contributed by atoms with Crippen LogP contribution in [-0.2, 0) is 0 Å². The molecule has 21 heavy (non-hydrogen) atoms. The van der Waals surface area contributed by atoms with Crippen molar-refractivity contribution in [3.63, 3.8) is 0 Å². The summed E-state index contributed by atoms with van der Waals surface area (Å²) < 4.78 is 45.4. The van der Waals surface area contributed by atoms with Crippen LogP contribution in [0, 0.1) is 11.3 Å². The first kappa shape index (κ1) is 15.0. The predicted molar refractivity (Wildman–Crippen MR) is 69.4 cm³/mol. The zero-order chi connectivity index (χ0) is 15.5. The summed E-state index contributed by atoms with van der Waals surface area (Å²) in [6, 6.07) is 11.5. The highest BCUT2D eigenvalue weighted by molar-refractivity contribution is 6.32. The maximum Gasteiger partial charge on any atom is 0.573 e. The smallest absolute Gasteiger partial charge is 0.456 e. The van der Waals surface area contributed by atoms with Crippen molar-refractivity contribution in [1.82, 2.24) is 0 Å². The Bertz CT molecular complexity index is 678. The van der Waals surface area contributed by atoms with Crippen molar-refractivity contribution in [2.24, 2.45) is 0 Å². The Hall–Kier alpha value is -2.39. The first-order valence-electron chi connectivity index (χ1n) is 5.61. The van der Waals surface area contributed by atoms with Crippen LogP contribution in [0.3, 0.4) is 0 Å². The number of halogens is 4. The van der Waals surface area contributed by atoms with E-state index in [1.54, 1.807) is 24.3 Å². The van der Waals surface area contributed by atoms with Crippen LogP contribution in [-0.4, -0.2) is 6.36 Å². The molecule has 0 heterocycles. The number of benzene rings is 2. The Morgan fingerprint density at radius 2 is 1.62 bits per heavy atom. The van der Waals surface area contributed by atoms with Crippen molar-refractivity contribution in [2.75, 3.05) is 0 Å². The lowest BCUT2D eigenvalue weighted by atomic mass is 10.2. The molecular formula is C14H7ClF3NO2. The van der Waals surface area contributed by atoms with Gasteiger partial charge in [0.2, 0.25) is 0 Å². The first-order chi connectivity index (χ1) is 9.87. The van der Waals surface area contributed by atoms with Gasteiger partial charge in [0.15, 0.2) is 0 Å². The highest BCUT2D eigenvalue weighted by atomic mass is 35.5. The van der Waals surface area contributed by atoms with Crippen LogP contribution in [0.25, 0.3) is 0 Å². The van der Waals surface area contributed by atoms with Crippen LogP contribution in [0.4, 0.5) is 13.2 Å². The molecule has 2 rings (SSSR count). The Morgan fingerprint density at radius 3 is 2.14 bits per heavy atom. The average molecular weight is 314 g/mol. The largest absolute Gasteiger partial charge is 0.573 e. The summed E-state index contributed by atoms with van der Waals surface area (Å²) in [4.78, 5) is 0. The lowest BCUT2D eigenvalue weighted by Crippen LogP contribution is -2.17. The summed E-state index contributed by atoms with van der Waals surface area (Å²) >= 11 is 5.84. The minimum atomic E-state index is -4.78. The lowest BCUT2D eigenvalue weighted by molar-refractivity contribution is -0.274. The van der Waals surface area contributed by atoms with Crippen molar-refractivity contribution in [2.45, 2.75) is 6.36 Å². The molecule has 3 nitrogen and oxygen atoms in total. The van der Waals surface area contributed by atoms with Crippen molar-refractivity contribution < 1.29 is 22.6 Å². The number of hydrogen-bond acceptors (Lipinski definition) is 3. The third-order valence-corrected chi connectivity index (χ3v) is 2.64. The number of alkyl halides is 3. The average Bonchev–Trinajstić information content (AvgIpc) is 2.41. The number of ether oxygens (including phenoxy) is 2. The quantitative estimate of drug-likeness (QED) is 0.809. The Labute approximate surface area is 123 Å². The van der Waals surface area contributed by atoms with E-state index in [0.717, 1.165) is 12.1 Å². The molecule has 0 atom stereocenters. The summed E-state index contributed by atoms with van der Waals surface area (Å²) in [6.45, 7) is 0. The van der Waals surface area contributed by atoms with E-state index in [2.05, 4.69) is 4.74 Å². The fraction of sp³-hybridized carbons (Fsp3) is 0.0714. The van der Waals surface area contributed by atoms with Crippen LogP contribution >= 0.6 is 11.6 Å². The molecule has 2 aromatic rings. The summed E-state index contributed by atoms with van der Waals surface area (Å²) in [5, 5.41) is 8.64. The predicted octanol–water partition coefficient (Wildman–Crippen LogP) is 4.90. The van der Waals surface area contributed by atoms with E-state index in [4.69, 9.17) is 21.6 Å². The molecule has 0 saturated carbocycles. The van der Waals surface area contributed by atoms with Crippen molar-refractivity contribution in [3.8, 4) is 23.3 Å². The third kappa shape index (κ3) is 4.29. The van der Waals surface area contributed by atoms with Crippen LogP contribution in [0.2, 0.25) is 5.02 Å². The number of nitriles is 1. The molecule has 0 fully saturated rings. The SMILES string of the molecule is N#Cc1ccc(Oc2ccc(OC(F)(F)F)cc2Cl)cc1. The first-order valence-corrected chi connectivity index (χ1v) is 5.98. The van der Waals surface area contributed by atoms with E-state index < -0.39 is 12.1 Å². The normalized spacial score (nSPS) is 10.8. The second-order valence-electron chi connectivity index (χ2n) is 3.88. The monoisotopic (exact) mass is 313 g/mol. The van der Waals surface area contributed by atoms with Crippen LogP contribution < -0.4 is 9.47 Å². The molecule has 0 spiro atoms. The lowest BCUT2D eigenvalue weighted by Gasteiger charge is -2.11. The van der Waals surface area contributed by atoms with Gasteiger partial charge in [-0.1, -0.05) is 11.6 Å². The van der Waals surface area contributed by atoms with Gasteiger partial charge < -0.3 is 9.47 Å². The second kappa shape index (κ2) is 5.94. The molecule has 0 unspecified atom stereocenters. The highest BCUT2D eigenvalue weighted by Gasteiger charge is 2.31. The molecule has 0 saturated heterocycles. The van der Waals surface area contributed by atoms with Crippen molar-refractivity contribution in [1.29, 1.82) is 5.26 Å². The zero-order valence-corrected chi connectivity index (χ0v) is 11.1. The molecule has 108 valence electrons. The molecule has 0 bridgehead atoms. The molecule has 0 N–H and O–H groups in total. The minimum absolute atomic E-state index is 0.0268. The van der Waals surface area contributed by atoms with Crippen molar-refractivity contribution >= 4 is 11.6 Å². The van der Waals surface area contributed by atoms with Crippen LogP contribution in [0.5, 0.6) is 17.2 Å². The van der Waals surface area contributed by atoms with Crippen LogP contribution in [0.1, 0.15) is 5.56 Å². The van der Waals surface area contributed by atoms with Gasteiger partial charge >= 0.3 is 6.36 Å². The molecule has 2 aromatic carbocycles. The Kier molecular flexibility index (Phi) is 4.24. The topological polar surface area (TPSA) is 42.2 Å². The maximum atomic E-state index is 12.1. The van der Waals surface area contributed by atoms with Gasteiger partial charge in [0.05, 0.1) is 16.7 Å². The van der Waals surface area contributed by atoms with Gasteiger partial charge in [0.25, 0.3) is 0 Å². The Balaban J connectivity index is 2.15. The molecular weight excluding hydrogens is 307 g/mol. The summed E-state index contributed by atoms with van der Waals surface area (Å²) in [5.41, 5.74) is 0.461. The van der Waals surface area contributed by atoms with E-state index in [9.17, 15) is 13.2 Å². The zero-order valence-electron chi connectivity index (χ0n) is 10.3.